The lowest BCUT2D eigenvalue weighted by molar-refractivity contribution is -0.123. The predicted molar refractivity (Wildman–Crippen MR) is 84.0 cm³/mol. The molecule has 4 heteroatoms. The van der Waals surface area contributed by atoms with E-state index in [1.54, 1.807) is 4.68 Å². The molecule has 1 aliphatic rings. The number of benzene rings is 1. The first kappa shape index (κ1) is 14.1. The molecule has 1 aromatic carbocycles. The van der Waals surface area contributed by atoms with Crippen LogP contribution in [0.15, 0.2) is 24.4 Å². The zero-order valence-electron chi connectivity index (χ0n) is 12.8. The first-order valence-electron chi connectivity index (χ1n) is 7.85. The Bertz CT molecular complexity index is 647. The van der Waals surface area contributed by atoms with Crippen LogP contribution in [0.4, 0.5) is 0 Å². The molecule has 21 heavy (non-hydrogen) atoms. The number of nitrogens with zero attached hydrogens (tertiary/aromatic N) is 2. The van der Waals surface area contributed by atoms with Crippen molar-refractivity contribution < 1.29 is 4.79 Å². The molecule has 4 nitrogen and oxygen atoms in total. The molecule has 1 aliphatic carbocycles. The van der Waals surface area contributed by atoms with Crippen LogP contribution in [-0.4, -0.2) is 21.7 Å². The fraction of sp³-hybridized carbons (Fsp3) is 0.529. The molecule has 3 rings (SSSR count). The number of hydrogen-bond donors (Lipinski definition) is 1. The molecule has 0 unspecified atom stereocenters. The van der Waals surface area contributed by atoms with Gasteiger partial charge in [0.15, 0.2) is 0 Å². The lowest BCUT2D eigenvalue weighted by atomic mass is 9.86. The second-order valence-corrected chi connectivity index (χ2v) is 6.30. The third-order valence-electron chi connectivity index (χ3n) is 4.55. The summed E-state index contributed by atoms with van der Waals surface area (Å²) in [5, 5.41) is 8.61. The first-order chi connectivity index (χ1) is 10.1. The highest BCUT2D eigenvalue weighted by Gasteiger charge is 2.23. The van der Waals surface area contributed by atoms with Crippen molar-refractivity contribution in [3.63, 3.8) is 0 Å². The van der Waals surface area contributed by atoms with E-state index in [1.807, 2.05) is 6.20 Å². The largest absolute Gasteiger partial charge is 0.351 e. The van der Waals surface area contributed by atoms with Gasteiger partial charge >= 0.3 is 0 Å². The lowest BCUT2D eigenvalue weighted by Gasteiger charge is -2.29. The van der Waals surface area contributed by atoms with Gasteiger partial charge in [-0.3, -0.25) is 9.48 Å². The fourth-order valence-corrected chi connectivity index (χ4v) is 3.23. The third-order valence-corrected chi connectivity index (χ3v) is 4.55. The summed E-state index contributed by atoms with van der Waals surface area (Å²) < 4.78 is 1.80. The standard InChI is InChI=1S/C17H23N3O/c1-12-7-8-14-10-18-20(16(14)9-12)11-17(21)19-15-6-4-3-5-13(15)2/h7-10,13,15H,3-6,11H2,1-2H3,(H,19,21)/t13-,15+/m0/s1. The molecule has 1 amide bonds. The maximum Gasteiger partial charge on any atom is 0.241 e. The smallest absolute Gasteiger partial charge is 0.241 e. The molecule has 1 heterocycles. The summed E-state index contributed by atoms with van der Waals surface area (Å²) in [4.78, 5) is 12.3. The third kappa shape index (κ3) is 3.09. The molecule has 0 radical (unpaired) electrons. The molecule has 112 valence electrons. The van der Waals surface area contributed by atoms with Crippen molar-refractivity contribution in [2.45, 2.75) is 52.1 Å². The van der Waals surface area contributed by atoms with Crippen LogP contribution in [0.5, 0.6) is 0 Å². The topological polar surface area (TPSA) is 46.9 Å². The lowest BCUT2D eigenvalue weighted by Crippen LogP contribution is -2.42. The molecule has 0 saturated heterocycles. The molecular weight excluding hydrogens is 262 g/mol. The minimum absolute atomic E-state index is 0.0697. The molecular formula is C17H23N3O. The Morgan fingerprint density at radius 3 is 3.00 bits per heavy atom. The average Bonchev–Trinajstić information content (AvgIpc) is 2.84. The number of carbonyl (C=O) groups excluding carboxylic acids is 1. The summed E-state index contributed by atoms with van der Waals surface area (Å²) in [6.45, 7) is 4.59. The number of amides is 1. The van der Waals surface area contributed by atoms with Gasteiger partial charge in [0.1, 0.15) is 6.54 Å². The van der Waals surface area contributed by atoms with Crippen molar-refractivity contribution in [3.05, 3.63) is 30.0 Å². The van der Waals surface area contributed by atoms with Gasteiger partial charge in [0.25, 0.3) is 0 Å². The van der Waals surface area contributed by atoms with Gasteiger partial charge in [-0.05, 0) is 37.3 Å². The molecule has 0 bridgehead atoms. The van der Waals surface area contributed by atoms with E-state index in [1.165, 1.54) is 24.8 Å². The monoisotopic (exact) mass is 285 g/mol. The van der Waals surface area contributed by atoms with Gasteiger partial charge < -0.3 is 5.32 Å². The van der Waals surface area contributed by atoms with Crippen molar-refractivity contribution in [3.8, 4) is 0 Å². The maximum atomic E-state index is 12.3. The Kier molecular flexibility index (Phi) is 3.95. The van der Waals surface area contributed by atoms with Gasteiger partial charge in [-0.1, -0.05) is 31.9 Å². The van der Waals surface area contributed by atoms with Crippen LogP contribution >= 0.6 is 0 Å². The maximum absolute atomic E-state index is 12.3. The molecule has 1 N–H and O–H groups in total. The van der Waals surface area contributed by atoms with Crippen LogP contribution in [0.3, 0.4) is 0 Å². The van der Waals surface area contributed by atoms with Crippen molar-refractivity contribution in [1.29, 1.82) is 0 Å². The van der Waals surface area contributed by atoms with Crippen molar-refractivity contribution in [2.75, 3.05) is 0 Å². The van der Waals surface area contributed by atoms with Crippen LogP contribution in [-0.2, 0) is 11.3 Å². The SMILES string of the molecule is Cc1ccc2cnn(CC(=O)N[C@@H]3CCCC[C@@H]3C)c2c1. The van der Waals surface area contributed by atoms with E-state index in [9.17, 15) is 4.79 Å². The molecule has 1 fully saturated rings. The Morgan fingerprint density at radius 2 is 2.19 bits per heavy atom. The highest BCUT2D eigenvalue weighted by molar-refractivity contribution is 5.82. The minimum Gasteiger partial charge on any atom is -0.351 e. The van der Waals surface area contributed by atoms with Crippen molar-refractivity contribution in [1.82, 2.24) is 15.1 Å². The number of fused-ring (bicyclic) bond motifs is 1. The fourth-order valence-electron chi connectivity index (χ4n) is 3.23. The molecule has 2 atom stereocenters. The van der Waals surface area contributed by atoms with Crippen LogP contribution in [0.2, 0.25) is 0 Å². The summed E-state index contributed by atoms with van der Waals surface area (Å²) in [6.07, 6.45) is 6.65. The second kappa shape index (κ2) is 5.88. The number of carbonyl (C=O) groups is 1. The van der Waals surface area contributed by atoms with Gasteiger partial charge in [-0.2, -0.15) is 5.10 Å². The zero-order valence-corrected chi connectivity index (χ0v) is 12.8. The Hall–Kier alpha value is -1.84. The van der Waals surface area contributed by atoms with Crippen LogP contribution in [0, 0.1) is 12.8 Å². The number of aryl methyl sites for hydroxylation is 1. The number of hydrogen-bond acceptors (Lipinski definition) is 2. The second-order valence-electron chi connectivity index (χ2n) is 6.30. The number of nitrogens with one attached hydrogen (secondary N) is 1. The van der Waals surface area contributed by atoms with E-state index in [2.05, 4.69) is 42.5 Å². The molecule has 1 aromatic heterocycles. The van der Waals surface area contributed by atoms with Crippen LogP contribution in [0.25, 0.3) is 10.9 Å². The van der Waals surface area contributed by atoms with Gasteiger partial charge in [0, 0.05) is 11.4 Å². The Balaban J connectivity index is 1.70. The van der Waals surface area contributed by atoms with E-state index in [4.69, 9.17) is 0 Å². The van der Waals surface area contributed by atoms with Gasteiger partial charge in [0.05, 0.1) is 11.7 Å². The zero-order chi connectivity index (χ0) is 14.8. The van der Waals surface area contributed by atoms with Gasteiger partial charge in [-0.25, -0.2) is 0 Å². The molecule has 0 spiro atoms. The summed E-state index contributed by atoms with van der Waals surface area (Å²) >= 11 is 0. The Labute approximate surface area is 125 Å². The van der Waals surface area contributed by atoms with E-state index in [-0.39, 0.29) is 5.91 Å². The van der Waals surface area contributed by atoms with Crippen LogP contribution < -0.4 is 5.32 Å². The summed E-state index contributed by atoms with van der Waals surface area (Å²) in [6, 6.07) is 6.53. The summed E-state index contributed by atoms with van der Waals surface area (Å²) in [7, 11) is 0. The van der Waals surface area contributed by atoms with Crippen molar-refractivity contribution >= 4 is 16.8 Å². The van der Waals surface area contributed by atoms with E-state index in [0.29, 0.717) is 18.5 Å². The highest BCUT2D eigenvalue weighted by atomic mass is 16.2. The first-order valence-corrected chi connectivity index (χ1v) is 7.85. The highest BCUT2D eigenvalue weighted by Crippen LogP contribution is 2.23. The van der Waals surface area contributed by atoms with E-state index in [0.717, 1.165) is 17.3 Å². The normalized spacial score (nSPS) is 22.4. The van der Waals surface area contributed by atoms with Gasteiger partial charge in [-0.15, -0.1) is 0 Å². The van der Waals surface area contributed by atoms with Crippen LogP contribution in [0.1, 0.15) is 38.2 Å². The average molecular weight is 285 g/mol. The quantitative estimate of drug-likeness (QED) is 0.942. The molecule has 1 saturated carbocycles. The predicted octanol–water partition coefficient (Wildman–Crippen LogP) is 3.04. The Morgan fingerprint density at radius 1 is 1.38 bits per heavy atom. The van der Waals surface area contributed by atoms with Crippen molar-refractivity contribution in [2.24, 2.45) is 5.92 Å². The molecule has 0 aliphatic heterocycles. The van der Waals surface area contributed by atoms with Gasteiger partial charge in [0.2, 0.25) is 5.91 Å². The summed E-state index contributed by atoms with van der Waals surface area (Å²) in [5.74, 6) is 0.652. The summed E-state index contributed by atoms with van der Waals surface area (Å²) in [5.41, 5.74) is 2.22. The number of aromatic nitrogens is 2. The number of rotatable bonds is 3. The minimum atomic E-state index is 0.0697. The molecule has 2 aromatic rings. The van der Waals surface area contributed by atoms with E-state index >= 15 is 0 Å². The van der Waals surface area contributed by atoms with E-state index < -0.39 is 0 Å².